The number of phenolic OH excluding ortho intramolecular Hbond substituents is 1. The van der Waals surface area contributed by atoms with Crippen LogP contribution in [0.4, 0.5) is 0 Å². The molecule has 4 rings (SSSR count). The number of hydrogen-bond acceptors (Lipinski definition) is 8. The number of aromatic hydroxyl groups is 1. The molecule has 0 bridgehead atoms. The molecule has 8 N–H and O–H groups in total. The molecule has 1 aromatic heterocycles. The van der Waals surface area contributed by atoms with Crippen molar-refractivity contribution in [2.75, 3.05) is 5.75 Å². The second-order valence-corrected chi connectivity index (χ2v) is 18.3. The normalized spacial score (nSPS) is 14.0. The largest absolute Gasteiger partial charge is 0.508 e. The number of carbonyl (C=O) groups excluding carboxylic acids is 5. The average Bonchev–Trinajstić information content (AvgIpc) is 3.52. The van der Waals surface area contributed by atoms with Crippen molar-refractivity contribution >= 4 is 58.2 Å². The molecule has 0 saturated carbocycles. The summed E-state index contributed by atoms with van der Waals surface area (Å²) in [6.07, 6.45) is 0.704. The van der Waals surface area contributed by atoms with Crippen LogP contribution in [0.1, 0.15) is 77.3 Å². The van der Waals surface area contributed by atoms with Crippen LogP contribution in [0.15, 0.2) is 78.9 Å². The third-order valence-corrected chi connectivity index (χ3v) is 11.0. The maximum absolute atomic E-state index is 14.4. The highest BCUT2D eigenvalue weighted by Crippen LogP contribution is 2.27. The number of hydrogen-bond donors (Lipinski definition) is 8. The van der Waals surface area contributed by atoms with Gasteiger partial charge in [0.15, 0.2) is 0 Å². The van der Waals surface area contributed by atoms with Crippen LogP contribution in [0, 0.1) is 5.92 Å². The highest BCUT2D eigenvalue weighted by atomic mass is 32.2. The Kier molecular flexibility index (Phi) is 16.7. The smallest absolute Gasteiger partial charge is 0.326 e. The molecule has 3 aromatic carbocycles. The number of amides is 5. The first-order valence-electron chi connectivity index (χ1n) is 20.0. The van der Waals surface area contributed by atoms with E-state index >= 15 is 0 Å². The Hall–Kier alpha value is -5.83. The molecule has 60 heavy (non-hydrogen) atoms. The van der Waals surface area contributed by atoms with E-state index in [4.69, 9.17) is 0 Å². The number of H-pyrrole nitrogens is 1. The first-order chi connectivity index (χ1) is 28.3. The van der Waals surface area contributed by atoms with E-state index < -0.39 is 65.7 Å². The SMILES string of the molecule is CC(=O)N[C@@H](CC(C)C)C(=O)N[C@@H](CSC(C)(C)C)C(=O)N[C@@H](Cc1c(Cc2ccc(O)cc2)[nH]c2ccccc12)C(=O)N[C@@H](C)C(=O)N[C@@H](Cc1ccccc1)C(=O)O. The maximum atomic E-state index is 14.4. The Morgan fingerprint density at radius 3 is 1.87 bits per heavy atom. The Morgan fingerprint density at radius 2 is 1.25 bits per heavy atom. The summed E-state index contributed by atoms with van der Waals surface area (Å²) in [5, 5.41) is 34.2. The molecule has 0 aliphatic carbocycles. The number of para-hydroxylation sites is 1. The van der Waals surface area contributed by atoms with E-state index in [0.717, 1.165) is 27.7 Å². The number of benzene rings is 3. The Bertz CT molecular complexity index is 2120. The average molecular weight is 843 g/mol. The van der Waals surface area contributed by atoms with Crippen molar-refractivity contribution in [1.82, 2.24) is 31.6 Å². The van der Waals surface area contributed by atoms with Gasteiger partial charge in [-0.1, -0.05) is 95.3 Å². The molecule has 4 aromatic rings. The summed E-state index contributed by atoms with van der Waals surface area (Å²) in [5.74, 6) is -4.00. The maximum Gasteiger partial charge on any atom is 0.326 e. The number of fused-ring (bicyclic) bond motifs is 1. The number of aromatic amines is 1. The fourth-order valence-corrected chi connectivity index (χ4v) is 7.51. The zero-order valence-electron chi connectivity index (χ0n) is 35.3. The fourth-order valence-electron chi connectivity index (χ4n) is 6.61. The molecule has 0 fully saturated rings. The van der Waals surface area contributed by atoms with Crippen LogP contribution in [0.5, 0.6) is 5.75 Å². The van der Waals surface area contributed by atoms with Crippen LogP contribution in [-0.2, 0) is 48.0 Å². The lowest BCUT2D eigenvalue weighted by Crippen LogP contribution is -2.59. The van der Waals surface area contributed by atoms with Crippen LogP contribution >= 0.6 is 11.8 Å². The molecule has 0 saturated heterocycles. The van der Waals surface area contributed by atoms with Crippen LogP contribution in [-0.4, -0.2) is 91.4 Å². The number of aromatic nitrogens is 1. The summed E-state index contributed by atoms with van der Waals surface area (Å²) in [5.41, 5.74) is 3.84. The van der Waals surface area contributed by atoms with Crippen LogP contribution in [0.25, 0.3) is 10.9 Å². The monoisotopic (exact) mass is 842 g/mol. The van der Waals surface area contributed by atoms with Crippen molar-refractivity contribution in [3.8, 4) is 5.75 Å². The van der Waals surface area contributed by atoms with Gasteiger partial charge < -0.3 is 41.8 Å². The first kappa shape index (κ1) is 46.9. The van der Waals surface area contributed by atoms with Gasteiger partial charge in [-0.3, -0.25) is 24.0 Å². The van der Waals surface area contributed by atoms with E-state index in [2.05, 4.69) is 31.6 Å². The van der Waals surface area contributed by atoms with Crippen LogP contribution in [0.3, 0.4) is 0 Å². The van der Waals surface area contributed by atoms with Crippen molar-refractivity contribution in [2.24, 2.45) is 5.92 Å². The molecule has 322 valence electrons. The molecule has 15 heteroatoms. The zero-order valence-corrected chi connectivity index (χ0v) is 36.1. The van der Waals surface area contributed by atoms with E-state index in [1.807, 2.05) is 58.9 Å². The first-order valence-corrected chi connectivity index (χ1v) is 21.0. The topological polar surface area (TPSA) is 219 Å². The minimum Gasteiger partial charge on any atom is -0.508 e. The highest BCUT2D eigenvalue weighted by molar-refractivity contribution is 8.00. The lowest BCUT2D eigenvalue weighted by Gasteiger charge is -2.28. The molecule has 5 amide bonds. The fraction of sp³-hybridized carbons (Fsp3) is 0.422. The number of carboxylic acids is 1. The van der Waals surface area contributed by atoms with E-state index in [1.165, 1.54) is 25.6 Å². The van der Waals surface area contributed by atoms with Gasteiger partial charge in [0.05, 0.1) is 0 Å². The molecule has 0 aliphatic heterocycles. The van der Waals surface area contributed by atoms with Gasteiger partial charge in [0.25, 0.3) is 0 Å². The van der Waals surface area contributed by atoms with Crippen LogP contribution < -0.4 is 26.6 Å². The van der Waals surface area contributed by atoms with Gasteiger partial charge in [0.2, 0.25) is 29.5 Å². The van der Waals surface area contributed by atoms with Gasteiger partial charge in [0.1, 0.15) is 36.0 Å². The van der Waals surface area contributed by atoms with Crippen molar-refractivity contribution in [2.45, 2.75) is 109 Å². The van der Waals surface area contributed by atoms with Crippen molar-refractivity contribution in [3.05, 3.63) is 101 Å². The standard InChI is InChI=1S/C45H58N6O8S/c1-26(2)21-36(47-28(4)52)42(56)51-39(25-60-45(5,6)7)43(57)49-37(41(55)46-27(3)40(54)50-38(44(58)59)23-29-13-9-8-10-14-29)24-33-32-15-11-12-16-34(32)48-35(33)22-30-17-19-31(53)20-18-30/h8-20,26-27,36-39,48,53H,21-25H2,1-7H3,(H,46,55)(H,47,52)(H,49,57)(H,50,54)(H,51,56)(H,58,59)/t27-,36-,37-,38-,39-/m0/s1. The molecule has 14 nitrogen and oxygen atoms in total. The van der Waals surface area contributed by atoms with Crippen molar-refractivity contribution < 1.29 is 39.0 Å². The lowest BCUT2D eigenvalue weighted by atomic mass is 9.97. The van der Waals surface area contributed by atoms with Gasteiger partial charge in [-0.15, -0.1) is 0 Å². The minimum absolute atomic E-state index is 0.0191. The van der Waals surface area contributed by atoms with E-state index in [1.54, 1.807) is 54.6 Å². The summed E-state index contributed by atoms with van der Waals surface area (Å²) in [6, 6.07) is 17.3. The minimum atomic E-state index is -1.29. The molecular weight excluding hydrogens is 785 g/mol. The highest BCUT2D eigenvalue weighted by Gasteiger charge is 2.33. The summed E-state index contributed by atoms with van der Waals surface area (Å²) in [6.45, 7) is 12.5. The van der Waals surface area contributed by atoms with Gasteiger partial charge in [0, 0.05) is 53.3 Å². The summed E-state index contributed by atoms with van der Waals surface area (Å²) >= 11 is 1.43. The third-order valence-electron chi connectivity index (χ3n) is 9.63. The van der Waals surface area contributed by atoms with E-state index in [0.29, 0.717) is 18.4 Å². The number of rotatable bonds is 20. The summed E-state index contributed by atoms with van der Waals surface area (Å²) in [4.78, 5) is 83.6. The Labute approximate surface area is 355 Å². The molecule has 0 radical (unpaired) electrons. The van der Waals surface area contributed by atoms with Crippen molar-refractivity contribution in [3.63, 3.8) is 0 Å². The van der Waals surface area contributed by atoms with Gasteiger partial charge in [-0.05, 0) is 54.2 Å². The van der Waals surface area contributed by atoms with E-state index in [-0.39, 0.29) is 35.0 Å². The molecule has 5 atom stereocenters. The number of thioether (sulfide) groups is 1. The lowest BCUT2D eigenvalue weighted by molar-refractivity contribution is -0.142. The number of nitrogens with one attached hydrogen (secondary N) is 6. The van der Waals surface area contributed by atoms with Gasteiger partial charge in [-0.2, -0.15) is 11.8 Å². The van der Waals surface area contributed by atoms with Gasteiger partial charge in [-0.25, -0.2) is 4.79 Å². The molecule has 0 aliphatic rings. The van der Waals surface area contributed by atoms with Crippen molar-refractivity contribution in [1.29, 1.82) is 0 Å². The number of carbonyl (C=O) groups is 6. The predicted molar refractivity (Wildman–Crippen MR) is 233 cm³/mol. The third kappa shape index (κ3) is 14.5. The van der Waals surface area contributed by atoms with Crippen LogP contribution in [0.2, 0.25) is 0 Å². The summed E-state index contributed by atoms with van der Waals surface area (Å²) in [7, 11) is 0. The Morgan fingerprint density at radius 1 is 0.667 bits per heavy atom. The number of aliphatic carboxylic acids is 1. The molecule has 0 unspecified atom stereocenters. The second-order valence-electron chi connectivity index (χ2n) is 16.4. The molecular formula is C45H58N6O8S. The number of phenols is 1. The molecule has 0 spiro atoms. The summed E-state index contributed by atoms with van der Waals surface area (Å²) < 4.78 is -0.306. The number of carboxylic acid groups (broad SMARTS) is 1. The second kappa shape index (κ2) is 21.4. The Balaban J connectivity index is 1.68. The van der Waals surface area contributed by atoms with E-state index in [9.17, 15) is 39.0 Å². The quantitative estimate of drug-likeness (QED) is 0.0633. The van der Waals surface area contributed by atoms with Gasteiger partial charge >= 0.3 is 5.97 Å². The molecule has 1 heterocycles. The predicted octanol–water partition coefficient (Wildman–Crippen LogP) is 4.38. The zero-order chi connectivity index (χ0) is 44.1.